The highest BCUT2D eigenvalue weighted by molar-refractivity contribution is 5.90. The molecule has 0 radical (unpaired) electrons. The summed E-state index contributed by atoms with van der Waals surface area (Å²) in [6, 6.07) is 6.66. The van der Waals surface area contributed by atoms with E-state index in [1.54, 1.807) is 0 Å². The summed E-state index contributed by atoms with van der Waals surface area (Å²) < 4.78 is 5.09. The molecule has 1 aromatic carbocycles. The Morgan fingerprint density at radius 3 is 2.80 bits per heavy atom. The third kappa shape index (κ3) is 2.30. The molecule has 3 heteroatoms. The standard InChI is InChI=1S/C17H23NO2/c1-4-20-17(19)13-7-8-15-14(10-13)9-11(2)16(18(15)3)12-5-6-12/h7-8,10-12,16H,4-6,9H2,1-3H3/t11?,16-/m1/s1. The zero-order valence-electron chi connectivity index (χ0n) is 12.6. The number of benzene rings is 1. The number of hydrogen-bond donors (Lipinski definition) is 0. The molecule has 3 rings (SSSR count). The maximum Gasteiger partial charge on any atom is 0.338 e. The Morgan fingerprint density at radius 2 is 2.15 bits per heavy atom. The maximum atomic E-state index is 11.8. The van der Waals surface area contributed by atoms with Gasteiger partial charge in [-0.15, -0.1) is 0 Å². The van der Waals surface area contributed by atoms with Crippen molar-refractivity contribution in [3.63, 3.8) is 0 Å². The van der Waals surface area contributed by atoms with Crippen LogP contribution in [0.25, 0.3) is 0 Å². The van der Waals surface area contributed by atoms with Gasteiger partial charge in [-0.2, -0.15) is 0 Å². The van der Waals surface area contributed by atoms with Crippen LogP contribution >= 0.6 is 0 Å². The number of esters is 1. The van der Waals surface area contributed by atoms with E-state index in [1.165, 1.54) is 24.1 Å². The van der Waals surface area contributed by atoms with E-state index < -0.39 is 0 Å². The van der Waals surface area contributed by atoms with Gasteiger partial charge in [0.15, 0.2) is 0 Å². The lowest BCUT2D eigenvalue weighted by atomic mass is 9.84. The fourth-order valence-electron chi connectivity index (χ4n) is 3.66. The van der Waals surface area contributed by atoms with Crippen molar-refractivity contribution in [2.75, 3.05) is 18.6 Å². The Bertz CT molecular complexity index is 522. The molecule has 0 aromatic heterocycles. The SMILES string of the molecule is CCOC(=O)c1ccc2c(c1)CC(C)[C@H](C1CC1)N2C. The Hall–Kier alpha value is -1.51. The first-order valence-corrected chi connectivity index (χ1v) is 7.64. The van der Waals surface area contributed by atoms with E-state index in [2.05, 4.69) is 24.9 Å². The lowest BCUT2D eigenvalue weighted by Crippen LogP contribution is -2.43. The zero-order chi connectivity index (χ0) is 14.3. The zero-order valence-corrected chi connectivity index (χ0v) is 12.6. The number of nitrogens with zero attached hydrogens (tertiary/aromatic N) is 1. The normalized spacial score (nSPS) is 25.2. The van der Waals surface area contributed by atoms with Crippen molar-refractivity contribution in [3.05, 3.63) is 29.3 Å². The van der Waals surface area contributed by atoms with Crippen LogP contribution in [0.15, 0.2) is 18.2 Å². The average Bonchev–Trinajstić information content (AvgIpc) is 3.23. The Labute approximate surface area is 120 Å². The summed E-state index contributed by atoms with van der Waals surface area (Å²) in [5.74, 6) is 1.31. The van der Waals surface area contributed by atoms with Crippen molar-refractivity contribution in [1.29, 1.82) is 0 Å². The van der Waals surface area contributed by atoms with Gasteiger partial charge in [0, 0.05) is 18.8 Å². The summed E-state index contributed by atoms with van der Waals surface area (Å²) in [6.07, 6.45) is 3.80. The molecule has 0 spiro atoms. The molecule has 0 bridgehead atoms. The van der Waals surface area contributed by atoms with Gasteiger partial charge in [-0.25, -0.2) is 4.79 Å². The average molecular weight is 273 g/mol. The van der Waals surface area contributed by atoms with Gasteiger partial charge in [0.2, 0.25) is 0 Å². The number of hydrogen-bond acceptors (Lipinski definition) is 3. The topological polar surface area (TPSA) is 29.5 Å². The third-order valence-corrected chi connectivity index (χ3v) is 4.65. The van der Waals surface area contributed by atoms with Crippen LogP contribution in [0.1, 0.15) is 42.6 Å². The molecule has 2 aliphatic rings. The summed E-state index contributed by atoms with van der Waals surface area (Å²) in [5, 5.41) is 0. The van der Waals surface area contributed by atoms with E-state index in [0.717, 1.165) is 12.3 Å². The van der Waals surface area contributed by atoms with E-state index in [4.69, 9.17) is 4.74 Å². The smallest absolute Gasteiger partial charge is 0.338 e. The van der Waals surface area contributed by atoms with Gasteiger partial charge in [0.25, 0.3) is 0 Å². The molecule has 1 saturated carbocycles. The number of rotatable bonds is 3. The number of anilines is 1. The third-order valence-electron chi connectivity index (χ3n) is 4.65. The van der Waals surface area contributed by atoms with Crippen LogP contribution < -0.4 is 4.90 Å². The molecule has 1 aliphatic heterocycles. The van der Waals surface area contributed by atoms with Gasteiger partial charge in [0.1, 0.15) is 0 Å². The Morgan fingerprint density at radius 1 is 1.40 bits per heavy atom. The van der Waals surface area contributed by atoms with Crippen LogP contribution in [0.4, 0.5) is 5.69 Å². The van der Waals surface area contributed by atoms with E-state index in [-0.39, 0.29) is 5.97 Å². The molecule has 0 saturated heterocycles. The first kappa shape index (κ1) is 13.5. The van der Waals surface area contributed by atoms with Crippen LogP contribution in [0.3, 0.4) is 0 Å². The number of fused-ring (bicyclic) bond motifs is 1. The molecule has 20 heavy (non-hydrogen) atoms. The molecular weight excluding hydrogens is 250 g/mol. The summed E-state index contributed by atoms with van der Waals surface area (Å²) in [5.41, 5.74) is 3.24. The number of carbonyl (C=O) groups is 1. The fourth-order valence-corrected chi connectivity index (χ4v) is 3.66. The van der Waals surface area contributed by atoms with Crippen molar-refractivity contribution in [3.8, 4) is 0 Å². The molecule has 1 heterocycles. The number of carbonyl (C=O) groups excluding carboxylic acids is 1. The second-order valence-corrected chi connectivity index (χ2v) is 6.18. The van der Waals surface area contributed by atoms with Crippen molar-refractivity contribution >= 4 is 11.7 Å². The maximum absolute atomic E-state index is 11.8. The second kappa shape index (κ2) is 5.12. The molecule has 108 valence electrons. The minimum atomic E-state index is -0.213. The van der Waals surface area contributed by atoms with Crippen molar-refractivity contribution in [2.45, 2.75) is 39.2 Å². The molecule has 1 aromatic rings. The number of ether oxygens (including phenoxy) is 1. The van der Waals surface area contributed by atoms with Gasteiger partial charge in [-0.1, -0.05) is 6.92 Å². The molecule has 2 atom stereocenters. The predicted octanol–water partition coefficient (Wildman–Crippen LogP) is 3.27. The van der Waals surface area contributed by atoms with E-state index in [1.807, 2.05) is 19.1 Å². The van der Waals surface area contributed by atoms with Crippen LogP contribution in [0.5, 0.6) is 0 Å². The lowest BCUT2D eigenvalue weighted by Gasteiger charge is -2.41. The van der Waals surface area contributed by atoms with E-state index in [9.17, 15) is 4.79 Å². The first-order chi connectivity index (χ1) is 9.61. The quantitative estimate of drug-likeness (QED) is 0.792. The molecule has 0 amide bonds. The van der Waals surface area contributed by atoms with Gasteiger partial charge in [-0.05, 0) is 61.8 Å². The molecule has 1 aliphatic carbocycles. The van der Waals surface area contributed by atoms with Gasteiger partial charge >= 0.3 is 5.97 Å². The van der Waals surface area contributed by atoms with Gasteiger partial charge in [0.05, 0.1) is 12.2 Å². The van der Waals surface area contributed by atoms with Gasteiger partial charge < -0.3 is 9.64 Å². The molecular formula is C17H23NO2. The lowest BCUT2D eigenvalue weighted by molar-refractivity contribution is 0.0526. The van der Waals surface area contributed by atoms with Crippen molar-refractivity contribution in [2.24, 2.45) is 11.8 Å². The highest BCUT2D eigenvalue weighted by Crippen LogP contribution is 2.44. The fraction of sp³-hybridized carbons (Fsp3) is 0.588. The van der Waals surface area contributed by atoms with Gasteiger partial charge in [-0.3, -0.25) is 0 Å². The van der Waals surface area contributed by atoms with Crippen LogP contribution in [-0.4, -0.2) is 25.7 Å². The second-order valence-electron chi connectivity index (χ2n) is 6.18. The Balaban J connectivity index is 1.89. The largest absolute Gasteiger partial charge is 0.462 e. The molecule has 3 nitrogen and oxygen atoms in total. The van der Waals surface area contributed by atoms with Crippen LogP contribution in [0, 0.1) is 11.8 Å². The predicted molar refractivity (Wildman–Crippen MR) is 80.2 cm³/mol. The van der Waals surface area contributed by atoms with Crippen molar-refractivity contribution < 1.29 is 9.53 Å². The summed E-state index contributed by atoms with van der Waals surface area (Å²) in [6.45, 7) is 4.60. The minimum Gasteiger partial charge on any atom is -0.462 e. The van der Waals surface area contributed by atoms with E-state index >= 15 is 0 Å². The molecule has 1 fully saturated rings. The van der Waals surface area contributed by atoms with E-state index in [0.29, 0.717) is 24.1 Å². The molecule has 1 unspecified atom stereocenters. The monoisotopic (exact) mass is 273 g/mol. The highest BCUT2D eigenvalue weighted by atomic mass is 16.5. The minimum absolute atomic E-state index is 0.213. The van der Waals surface area contributed by atoms with Crippen LogP contribution in [-0.2, 0) is 11.2 Å². The van der Waals surface area contributed by atoms with Crippen molar-refractivity contribution in [1.82, 2.24) is 0 Å². The summed E-state index contributed by atoms with van der Waals surface area (Å²) in [4.78, 5) is 14.3. The highest BCUT2D eigenvalue weighted by Gasteiger charge is 2.40. The first-order valence-electron chi connectivity index (χ1n) is 7.64. The van der Waals surface area contributed by atoms with Crippen LogP contribution in [0.2, 0.25) is 0 Å². The summed E-state index contributed by atoms with van der Waals surface area (Å²) in [7, 11) is 2.20. The Kier molecular flexibility index (Phi) is 3.45. The summed E-state index contributed by atoms with van der Waals surface area (Å²) >= 11 is 0. The molecule has 0 N–H and O–H groups in total.